The summed E-state index contributed by atoms with van der Waals surface area (Å²) in [7, 11) is 2.09. The molecule has 0 aromatic rings. The molecule has 0 saturated heterocycles. The maximum absolute atomic E-state index is 5.88. The van der Waals surface area contributed by atoms with E-state index in [9.17, 15) is 0 Å². The van der Waals surface area contributed by atoms with Crippen molar-refractivity contribution in [1.29, 1.82) is 0 Å². The van der Waals surface area contributed by atoms with E-state index in [0.29, 0.717) is 9.04 Å². The molecule has 1 aliphatic carbocycles. The zero-order valence-corrected chi connectivity index (χ0v) is 17.1. The maximum Gasteiger partial charge on any atom is 0.0693 e. The van der Waals surface area contributed by atoms with Crippen LogP contribution in [0.4, 0.5) is 0 Å². The van der Waals surface area contributed by atoms with E-state index < -0.39 is 32.3 Å². The highest BCUT2D eigenvalue weighted by atomic mass is 35.5. The van der Waals surface area contributed by atoms with E-state index in [-0.39, 0.29) is 0 Å². The van der Waals surface area contributed by atoms with Crippen LogP contribution in [0.2, 0.25) is 6.04 Å². The van der Waals surface area contributed by atoms with Gasteiger partial charge in [0.1, 0.15) is 0 Å². The van der Waals surface area contributed by atoms with Crippen LogP contribution >= 0.6 is 69.6 Å². The van der Waals surface area contributed by atoms with Gasteiger partial charge in [0.2, 0.25) is 0 Å². The molecule has 0 spiro atoms. The molecule has 98 valence electrons. The number of alkyl halides is 6. The Morgan fingerprint density at radius 2 is 0.875 bits per heavy atom. The lowest BCUT2D eigenvalue weighted by Gasteiger charge is -2.37. The fraction of sp³-hybridized carbons (Fsp3) is 1.00. The molecular weight excluding hydrogens is 365 g/mol. The maximum atomic E-state index is 5.88. The summed E-state index contributed by atoms with van der Waals surface area (Å²) in [6.07, 6.45) is 0. The van der Waals surface area contributed by atoms with E-state index in [1.165, 1.54) is 15.8 Å². The number of halogens is 6. The summed E-state index contributed by atoms with van der Waals surface area (Å²) in [4.78, 5) is 0. The van der Waals surface area contributed by atoms with Crippen molar-refractivity contribution in [2.45, 2.75) is 45.2 Å². The molecule has 0 nitrogen and oxygen atoms in total. The number of hydrogen-bond acceptors (Lipinski definition) is 0. The van der Waals surface area contributed by atoms with Gasteiger partial charge in [-0.25, -0.2) is 0 Å². The van der Waals surface area contributed by atoms with Crippen molar-refractivity contribution in [3.63, 3.8) is 0 Å². The Kier molecular flexibility index (Phi) is 10.4. The third kappa shape index (κ3) is 5.04. The molecule has 0 N–H and O–H groups in total. The lowest BCUT2D eigenvalue weighted by Crippen LogP contribution is -2.52. The van der Waals surface area contributed by atoms with Gasteiger partial charge in [-0.2, -0.15) is 0 Å². The van der Waals surface area contributed by atoms with Crippen molar-refractivity contribution >= 4 is 88.4 Å². The van der Waals surface area contributed by atoms with Crippen LogP contribution < -0.4 is 0 Å². The van der Waals surface area contributed by atoms with Crippen molar-refractivity contribution in [2.24, 2.45) is 0 Å². The summed E-state index contributed by atoms with van der Waals surface area (Å²) in [5, 5.41) is -2.62. The second kappa shape index (κ2) is 9.14. The molecule has 0 heterocycles. The first kappa shape index (κ1) is 18.2. The van der Waals surface area contributed by atoms with Gasteiger partial charge in [0.05, 0.1) is 32.3 Å². The molecule has 8 heteroatoms. The predicted octanol–water partition coefficient (Wildman–Crippen LogP) is 2.52. The van der Waals surface area contributed by atoms with E-state index in [1.807, 2.05) is 0 Å². The van der Waals surface area contributed by atoms with Crippen molar-refractivity contribution in [3.05, 3.63) is 0 Å². The van der Waals surface area contributed by atoms with Crippen LogP contribution in [0.1, 0.15) is 6.92 Å². The van der Waals surface area contributed by atoms with E-state index in [0.717, 1.165) is 0 Å². The highest BCUT2D eigenvalue weighted by Gasteiger charge is 2.46. The third-order valence-electron chi connectivity index (χ3n) is 2.33. The molecule has 0 amide bonds. The Labute approximate surface area is 133 Å². The minimum absolute atomic E-state index is 0.437. The molecule has 0 aliphatic heterocycles. The van der Waals surface area contributed by atoms with Gasteiger partial charge in [-0.1, -0.05) is 13.0 Å². The molecule has 0 aromatic carbocycles. The Morgan fingerprint density at radius 1 is 0.750 bits per heavy atom. The highest BCUT2D eigenvalue weighted by Crippen LogP contribution is 2.39. The molecule has 1 aliphatic rings. The second-order valence-electron chi connectivity index (χ2n) is 3.67. The van der Waals surface area contributed by atoms with Crippen LogP contribution in [-0.4, -0.2) is 51.1 Å². The lowest BCUT2D eigenvalue weighted by atomic mass is 9.97. The Balaban J connectivity index is 0.000000487. The van der Waals surface area contributed by atoms with E-state index >= 15 is 0 Å². The fourth-order valence-corrected chi connectivity index (χ4v) is 3.38. The molecule has 0 unspecified atom stereocenters. The van der Waals surface area contributed by atoms with Gasteiger partial charge < -0.3 is 0 Å². The third-order valence-corrected chi connectivity index (χ3v) is 10.4. The molecule has 0 aromatic heterocycles. The Hall–Kier alpha value is 2.17. The van der Waals surface area contributed by atoms with Gasteiger partial charge in [0, 0.05) is 9.04 Å². The topological polar surface area (TPSA) is 0 Å². The molecule has 0 atom stereocenters. The van der Waals surface area contributed by atoms with E-state index in [4.69, 9.17) is 69.6 Å². The van der Waals surface area contributed by atoms with Gasteiger partial charge in [-0.15, -0.1) is 69.6 Å². The van der Waals surface area contributed by atoms with E-state index in [2.05, 4.69) is 6.92 Å². The molecule has 16 heavy (non-hydrogen) atoms. The molecule has 0 bridgehead atoms. The van der Waals surface area contributed by atoms with Crippen LogP contribution in [0.25, 0.3) is 0 Å². The van der Waals surface area contributed by atoms with Crippen LogP contribution in [0.5, 0.6) is 0 Å². The van der Waals surface area contributed by atoms with Gasteiger partial charge >= 0.3 is 0 Å². The smallest absolute Gasteiger partial charge is 0.0693 e. The van der Waals surface area contributed by atoms with Crippen LogP contribution in [0.3, 0.4) is 0 Å². The molecule has 0 radical (unpaired) electrons. The van der Waals surface area contributed by atoms with Gasteiger partial charge in [-0.3, -0.25) is 0 Å². The summed E-state index contributed by atoms with van der Waals surface area (Å²) in [6.45, 7) is 2.28. The average Bonchev–Trinajstić information content (AvgIpc) is 2.31. The summed E-state index contributed by atoms with van der Waals surface area (Å²) in [5.74, 6) is 0. The summed E-state index contributed by atoms with van der Waals surface area (Å²) < 4.78 is 0. The first-order valence-electron chi connectivity index (χ1n) is 5.22. The Morgan fingerprint density at radius 3 is 0.938 bits per heavy atom. The summed E-state index contributed by atoms with van der Waals surface area (Å²) in [6, 6.07) is 1.52. The summed E-state index contributed by atoms with van der Waals surface area (Å²) in [5.41, 5.74) is 0. The van der Waals surface area contributed by atoms with Crippen molar-refractivity contribution in [3.8, 4) is 0 Å². The zero-order valence-electron chi connectivity index (χ0n) is 9.15. The molecule has 1 rings (SSSR count). The largest absolute Gasteiger partial charge is 0.120 e. The van der Waals surface area contributed by atoms with Crippen molar-refractivity contribution in [1.82, 2.24) is 0 Å². The standard InChI is InChI=1S/C6H6Cl6.C2H10Si2/c7-1-2(8)4(10)6(12)5(11)3(1)9;1-2-4-3/h1-6H;2,4H2,1,3H3. The highest BCUT2D eigenvalue weighted by molar-refractivity contribution is 6.89. The van der Waals surface area contributed by atoms with Crippen molar-refractivity contribution in [2.75, 3.05) is 0 Å². The minimum atomic E-state index is -0.437. The van der Waals surface area contributed by atoms with Crippen LogP contribution in [-0.2, 0) is 0 Å². The monoisotopic (exact) mass is 378 g/mol. The minimum Gasteiger partial charge on any atom is -0.120 e. The number of hydrogen-bond donors (Lipinski definition) is 0. The molecule has 1 fully saturated rings. The second-order valence-corrected chi connectivity index (χ2v) is 11.7. The van der Waals surface area contributed by atoms with Crippen LogP contribution in [0, 0.1) is 0 Å². The Bertz CT molecular complexity index is 135. The van der Waals surface area contributed by atoms with Crippen LogP contribution in [0.15, 0.2) is 0 Å². The predicted molar refractivity (Wildman–Crippen MR) is 86.8 cm³/mol. The van der Waals surface area contributed by atoms with E-state index in [1.54, 1.807) is 0 Å². The fourth-order valence-electron chi connectivity index (χ4n) is 1.05. The first-order valence-corrected chi connectivity index (χ1v) is 14.5. The SMILES string of the molecule is CC[SiH2][SiH3].ClC1C(Cl)C(Cl)C(Cl)C(Cl)C1Cl. The quantitative estimate of drug-likeness (QED) is 0.484. The first-order chi connectivity index (χ1) is 7.38. The average molecular weight is 381 g/mol. The van der Waals surface area contributed by atoms with Gasteiger partial charge in [-0.05, 0) is 9.76 Å². The van der Waals surface area contributed by atoms with Gasteiger partial charge in [0.25, 0.3) is 0 Å². The van der Waals surface area contributed by atoms with Crippen molar-refractivity contribution < 1.29 is 0 Å². The summed E-state index contributed by atoms with van der Waals surface area (Å²) >= 11 is 35.3. The zero-order chi connectivity index (χ0) is 12.9. The number of rotatable bonds is 1. The molecular formula is C8H16Cl6Si2. The van der Waals surface area contributed by atoms with Gasteiger partial charge in [0.15, 0.2) is 0 Å². The normalized spacial score (nSPS) is 44.4. The molecule has 1 saturated carbocycles. The lowest BCUT2D eigenvalue weighted by molar-refractivity contribution is 0.544.